The van der Waals surface area contributed by atoms with Gasteiger partial charge in [0.25, 0.3) is 5.91 Å². The van der Waals surface area contributed by atoms with E-state index in [4.69, 9.17) is 0 Å². The SMILES string of the molecule is Cc1ncsc1-c1ccc([C@H](C)NC(=O)[C@@H]2C[C@@H](O)CN2C(=O)[C@H](NC(=O)C2(F)CC2)C(C)(C)C)cc1. The van der Waals surface area contributed by atoms with Crippen LogP contribution in [0.3, 0.4) is 0 Å². The van der Waals surface area contributed by atoms with E-state index in [2.05, 4.69) is 15.6 Å². The fraction of sp³-hybridized carbons (Fsp3) is 0.556. The van der Waals surface area contributed by atoms with E-state index in [0.717, 1.165) is 21.7 Å². The number of likely N-dealkylation sites (tertiary alicyclic amines) is 1. The Bertz CT molecular complexity index is 1170. The summed E-state index contributed by atoms with van der Waals surface area (Å²) < 4.78 is 14.3. The number of hydrogen-bond donors (Lipinski definition) is 3. The molecular weight excluding hydrogens is 495 g/mol. The van der Waals surface area contributed by atoms with Gasteiger partial charge in [-0.15, -0.1) is 11.3 Å². The fourth-order valence-corrected chi connectivity index (χ4v) is 5.42. The van der Waals surface area contributed by atoms with Crippen molar-refractivity contribution in [3.63, 3.8) is 0 Å². The Balaban J connectivity index is 1.46. The Kier molecular flexibility index (Phi) is 7.45. The van der Waals surface area contributed by atoms with Crippen LogP contribution in [0.2, 0.25) is 0 Å². The molecule has 37 heavy (non-hydrogen) atoms. The number of aliphatic hydroxyl groups is 1. The van der Waals surface area contributed by atoms with Gasteiger partial charge in [-0.2, -0.15) is 0 Å². The van der Waals surface area contributed by atoms with Gasteiger partial charge in [0.2, 0.25) is 11.8 Å². The number of carbonyl (C=O) groups is 3. The lowest BCUT2D eigenvalue weighted by molar-refractivity contribution is -0.145. The lowest BCUT2D eigenvalue weighted by Gasteiger charge is -2.35. The highest BCUT2D eigenvalue weighted by molar-refractivity contribution is 7.13. The molecule has 1 saturated carbocycles. The molecule has 200 valence electrons. The Morgan fingerprint density at radius 2 is 1.84 bits per heavy atom. The summed E-state index contributed by atoms with van der Waals surface area (Å²) in [6.07, 6.45) is -0.504. The number of nitrogens with one attached hydrogen (secondary N) is 2. The molecule has 8 nitrogen and oxygen atoms in total. The second kappa shape index (κ2) is 10.1. The number of carbonyl (C=O) groups excluding carboxylic acids is 3. The van der Waals surface area contributed by atoms with Gasteiger partial charge in [-0.25, -0.2) is 9.37 Å². The van der Waals surface area contributed by atoms with E-state index in [1.54, 1.807) is 32.1 Å². The van der Waals surface area contributed by atoms with E-state index in [1.165, 1.54) is 4.90 Å². The van der Waals surface area contributed by atoms with E-state index >= 15 is 0 Å². The molecule has 4 atom stereocenters. The molecular formula is C27H35FN4O4S. The molecule has 2 fully saturated rings. The van der Waals surface area contributed by atoms with Crippen molar-refractivity contribution in [3.05, 3.63) is 41.0 Å². The van der Waals surface area contributed by atoms with Crippen LogP contribution in [0.5, 0.6) is 0 Å². The predicted molar refractivity (Wildman–Crippen MR) is 139 cm³/mol. The number of alkyl halides is 1. The zero-order valence-electron chi connectivity index (χ0n) is 21.9. The minimum atomic E-state index is -1.92. The fourth-order valence-electron chi connectivity index (χ4n) is 4.61. The summed E-state index contributed by atoms with van der Waals surface area (Å²) in [7, 11) is 0. The summed E-state index contributed by atoms with van der Waals surface area (Å²) in [4.78, 5) is 46.0. The molecule has 3 N–H and O–H groups in total. The van der Waals surface area contributed by atoms with Gasteiger partial charge in [-0.1, -0.05) is 45.0 Å². The van der Waals surface area contributed by atoms with E-state index in [0.29, 0.717) is 0 Å². The molecule has 1 aliphatic carbocycles. The molecule has 10 heteroatoms. The van der Waals surface area contributed by atoms with Crippen molar-refractivity contribution < 1.29 is 23.9 Å². The zero-order chi connectivity index (χ0) is 27.1. The van der Waals surface area contributed by atoms with Crippen LogP contribution >= 0.6 is 11.3 Å². The third kappa shape index (κ3) is 5.85. The Labute approximate surface area is 220 Å². The highest BCUT2D eigenvalue weighted by Gasteiger charge is 2.53. The first-order valence-electron chi connectivity index (χ1n) is 12.6. The normalized spacial score (nSPS) is 22.3. The molecule has 0 unspecified atom stereocenters. The molecule has 0 spiro atoms. The topological polar surface area (TPSA) is 112 Å². The molecule has 1 saturated heterocycles. The number of benzene rings is 1. The summed E-state index contributed by atoms with van der Waals surface area (Å²) in [5, 5.41) is 15.9. The van der Waals surface area contributed by atoms with Gasteiger partial charge in [-0.3, -0.25) is 14.4 Å². The highest BCUT2D eigenvalue weighted by atomic mass is 32.1. The maximum atomic E-state index is 14.3. The van der Waals surface area contributed by atoms with Crippen LogP contribution in [0.4, 0.5) is 4.39 Å². The van der Waals surface area contributed by atoms with E-state index in [9.17, 15) is 23.9 Å². The molecule has 2 aromatic rings. The quantitative estimate of drug-likeness (QED) is 0.509. The summed E-state index contributed by atoms with van der Waals surface area (Å²) in [6.45, 7) is 9.11. The van der Waals surface area contributed by atoms with Crippen LogP contribution in [0, 0.1) is 12.3 Å². The van der Waals surface area contributed by atoms with E-state index in [-0.39, 0.29) is 37.8 Å². The van der Waals surface area contributed by atoms with Crippen LogP contribution in [0.15, 0.2) is 29.8 Å². The average Bonchev–Trinajstić information content (AvgIpc) is 3.25. The largest absolute Gasteiger partial charge is 0.391 e. The molecule has 1 aliphatic heterocycles. The van der Waals surface area contributed by atoms with Crippen LogP contribution in [0.25, 0.3) is 10.4 Å². The monoisotopic (exact) mass is 530 g/mol. The lowest BCUT2D eigenvalue weighted by Crippen LogP contribution is -2.59. The molecule has 0 radical (unpaired) electrons. The molecule has 2 aliphatic rings. The summed E-state index contributed by atoms with van der Waals surface area (Å²) in [5.41, 5.74) is 2.07. The first kappa shape index (κ1) is 27.2. The van der Waals surface area contributed by atoms with Crippen molar-refractivity contribution in [2.75, 3.05) is 6.54 Å². The van der Waals surface area contributed by atoms with Crippen molar-refractivity contribution in [2.24, 2.45) is 5.41 Å². The molecule has 3 amide bonds. The molecule has 0 bridgehead atoms. The molecule has 1 aromatic carbocycles. The van der Waals surface area contributed by atoms with Gasteiger partial charge in [0.15, 0.2) is 5.67 Å². The summed E-state index contributed by atoms with van der Waals surface area (Å²) >= 11 is 1.57. The van der Waals surface area contributed by atoms with E-state index in [1.807, 2.05) is 43.6 Å². The van der Waals surface area contributed by atoms with E-state index < -0.39 is 41.1 Å². The van der Waals surface area contributed by atoms with Gasteiger partial charge in [0.1, 0.15) is 12.1 Å². The number of β-amino-alcohol motifs (C(OH)–C–C–N with tert-alkyl or cyclic N) is 1. The highest BCUT2D eigenvalue weighted by Crippen LogP contribution is 2.40. The average molecular weight is 531 g/mol. The predicted octanol–water partition coefficient (Wildman–Crippen LogP) is 3.29. The molecule has 4 rings (SSSR count). The smallest absolute Gasteiger partial charge is 0.258 e. The van der Waals surface area contributed by atoms with Crippen molar-refractivity contribution in [2.45, 2.75) is 83.8 Å². The van der Waals surface area contributed by atoms with Crippen LogP contribution < -0.4 is 10.6 Å². The first-order chi connectivity index (χ1) is 17.3. The number of aromatic nitrogens is 1. The molecule has 2 heterocycles. The molecule has 1 aromatic heterocycles. The maximum absolute atomic E-state index is 14.3. The minimum Gasteiger partial charge on any atom is -0.391 e. The number of halogens is 1. The summed E-state index contributed by atoms with van der Waals surface area (Å²) in [5.74, 6) is -1.69. The lowest BCUT2D eigenvalue weighted by atomic mass is 9.85. The van der Waals surface area contributed by atoms with Crippen molar-refractivity contribution in [1.82, 2.24) is 20.5 Å². The summed E-state index contributed by atoms with van der Waals surface area (Å²) in [6, 6.07) is 5.60. The third-order valence-electron chi connectivity index (χ3n) is 7.13. The number of thiazole rings is 1. The second-order valence-corrected chi connectivity index (χ2v) is 12.1. The number of aryl methyl sites for hydroxylation is 1. The number of amides is 3. The standard InChI is InChI=1S/C27H35FN4O4S/c1-15(17-6-8-18(9-7-17)21-16(2)29-14-37-21)30-23(34)20-12-19(33)13-32(20)24(35)22(26(3,4)5)31-25(36)27(28)10-11-27/h6-9,14-15,19-20,22,33H,10-13H2,1-5H3,(H,30,34)(H,31,36)/t15-,19+,20-,22-/m0/s1. The van der Waals surface area contributed by atoms with Gasteiger partial charge < -0.3 is 20.6 Å². The number of nitrogens with zero attached hydrogens (tertiary/aromatic N) is 2. The Morgan fingerprint density at radius 3 is 2.38 bits per heavy atom. The zero-order valence-corrected chi connectivity index (χ0v) is 22.7. The Hall–Kier alpha value is -2.85. The second-order valence-electron chi connectivity index (χ2n) is 11.3. The van der Waals surface area contributed by atoms with Crippen molar-refractivity contribution >= 4 is 29.1 Å². The number of aliphatic hydroxyl groups excluding tert-OH is 1. The van der Waals surface area contributed by atoms with Gasteiger partial charge >= 0.3 is 0 Å². The first-order valence-corrected chi connectivity index (χ1v) is 13.5. The van der Waals surface area contributed by atoms with Crippen LogP contribution in [0.1, 0.15) is 64.3 Å². The van der Waals surface area contributed by atoms with Crippen LogP contribution in [-0.2, 0) is 14.4 Å². The minimum absolute atomic E-state index is 0.0303. The third-order valence-corrected chi connectivity index (χ3v) is 8.10. The van der Waals surface area contributed by atoms with Gasteiger partial charge in [0, 0.05) is 13.0 Å². The van der Waals surface area contributed by atoms with Gasteiger partial charge in [0.05, 0.1) is 28.2 Å². The Morgan fingerprint density at radius 1 is 1.19 bits per heavy atom. The van der Waals surface area contributed by atoms with Gasteiger partial charge in [-0.05, 0) is 43.2 Å². The maximum Gasteiger partial charge on any atom is 0.258 e. The van der Waals surface area contributed by atoms with Crippen molar-refractivity contribution in [3.8, 4) is 10.4 Å². The van der Waals surface area contributed by atoms with Crippen molar-refractivity contribution in [1.29, 1.82) is 0 Å². The van der Waals surface area contributed by atoms with Crippen LogP contribution in [-0.4, -0.2) is 63.1 Å². The number of rotatable bonds is 7. The number of hydrogen-bond acceptors (Lipinski definition) is 6.